The van der Waals surface area contributed by atoms with Crippen molar-refractivity contribution in [2.75, 3.05) is 13.7 Å². The van der Waals surface area contributed by atoms with Crippen LogP contribution in [0, 0.1) is 5.82 Å². The number of hydrogen-bond acceptors (Lipinski definition) is 3. The maximum atomic E-state index is 13.3. The molecule has 0 fully saturated rings. The highest BCUT2D eigenvalue weighted by molar-refractivity contribution is 6.32. The second-order valence-corrected chi connectivity index (χ2v) is 3.20. The monoisotopic (exact) mass is 218 g/mol. The summed E-state index contributed by atoms with van der Waals surface area (Å²) in [5.74, 6) is -0.0688. The van der Waals surface area contributed by atoms with Crippen LogP contribution in [0.25, 0.3) is 0 Å². The normalized spacial score (nSPS) is 12.6. The van der Waals surface area contributed by atoms with Crippen molar-refractivity contribution in [3.05, 3.63) is 28.5 Å². The molecule has 0 heterocycles. The highest BCUT2D eigenvalue weighted by atomic mass is 35.5. The summed E-state index contributed by atoms with van der Waals surface area (Å²) in [6.45, 7) is 0.129. The van der Waals surface area contributed by atoms with Gasteiger partial charge in [0.1, 0.15) is 11.6 Å². The molecule has 1 unspecified atom stereocenters. The van der Waals surface area contributed by atoms with Crippen molar-refractivity contribution in [3.63, 3.8) is 0 Å². The standard InChI is InChI=1S/C9H12ClFN2O/c1-14-7-3-2-5(11)8(9(7)10)6(13)4-12/h2-3,6H,4,12-13H2,1H3. The molecule has 0 saturated heterocycles. The molecule has 0 amide bonds. The van der Waals surface area contributed by atoms with Gasteiger partial charge in [0.2, 0.25) is 0 Å². The third-order valence-electron chi connectivity index (χ3n) is 1.94. The van der Waals surface area contributed by atoms with Gasteiger partial charge in [-0.25, -0.2) is 4.39 Å². The minimum atomic E-state index is -0.613. The average Bonchev–Trinajstić information content (AvgIpc) is 2.18. The lowest BCUT2D eigenvalue weighted by atomic mass is 10.1. The van der Waals surface area contributed by atoms with Gasteiger partial charge in [0.05, 0.1) is 12.1 Å². The molecular formula is C9H12ClFN2O. The van der Waals surface area contributed by atoms with Crippen molar-refractivity contribution >= 4 is 11.6 Å². The van der Waals surface area contributed by atoms with E-state index in [1.165, 1.54) is 19.2 Å². The quantitative estimate of drug-likeness (QED) is 0.807. The lowest BCUT2D eigenvalue weighted by Crippen LogP contribution is -2.22. The van der Waals surface area contributed by atoms with Gasteiger partial charge in [0.15, 0.2) is 0 Å². The lowest BCUT2D eigenvalue weighted by Gasteiger charge is -2.14. The molecule has 0 aliphatic carbocycles. The molecule has 0 aliphatic rings. The first-order valence-corrected chi connectivity index (χ1v) is 4.47. The van der Waals surface area contributed by atoms with E-state index < -0.39 is 11.9 Å². The van der Waals surface area contributed by atoms with Crippen molar-refractivity contribution in [3.8, 4) is 5.75 Å². The van der Waals surface area contributed by atoms with Crippen LogP contribution in [-0.4, -0.2) is 13.7 Å². The Morgan fingerprint density at radius 3 is 2.71 bits per heavy atom. The summed E-state index contributed by atoms with van der Waals surface area (Å²) < 4.78 is 18.3. The minimum Gasteiger partial charge on any atom is -0.495 e. The Hall–Kier alpha value is -0.840. The molecule has 1 aromatic carbocycles. The molecule has 1 atom stereocenters. The molecule has 0 aliphatic heterocycles. The minimum absolute atomic E-state index is 0.129. The van der Waals surface area contributed by atoms with E-state index in [4.69, 9.17) is 27.8 Å². The van der Waals surface area contributed by atoms with E-state index >= 15 is 0 Å². The zero-order chi connectivity index (χ0) is 10.7. The third kappa shape index (κ3) is 1.97. The van der Waals surface area contributed by atoms with Gasteiger partial charge in [0, 0.05) is 18.2 Å². The highest BCUT2D eigenvalue weighted by Gasteiger charge is 2.17. The third-order valence-corrected chi connectivity index (χ3v) is 2.33. The second kappa shape index (κ2) is 4.59. The van der Waals surface area contributed by atoms with Gasteiger partial charge < -0.3 is 16.2 Å². The molecule has 0 spiro atoms. The van der Waals surface area contributed by atoms with Crippen LogP contribution in [0.5, 0.6) is 5.75 Å². The van der Waals surface area contributed by atoms with Crippen LogP contribution in [-0.2, 0) is 0 Å². The Morgan fingerprint density at radius 1 is 1.57 bits per heavy atom. The van der Waals surface area contributed by atoms with Gasteiger partial charge in [-0.2, -0.15) is 0 Å². The summed E-state index contributed by atoms with van der Waals surface area (Å²) in [6.07, 6.45) is 0. The molecule has 1 aromatic rings. The fourth-order valence-corrected chi connectivity index (χ4v) is 1.54. The van der Waals surface area contributed by atoms with Crippen LogP contribution in [0.3, 0.4) is 0 Å². The molecule has 78 valence electrons. The topological polar surface area (TPSA) is 61.3 Å². The molecule has 14 heavy (non-hydrogen) atoms. The molecule has 1 rings (SSSR count). The molecule has 0 bridgehead atoms. The lowest BCUT2D eigenvalue weighted by molar-refractivity contribution is 0.412. The van der Waals surface area contributed by atoms with Crippen LogP contribution in [0.2, 0.25) is 5.02 Å². The van der Waals surface area contributed by atoms with Gasteiger partial charge >= 0.3 is 0 Å². The van der Waals surface area contributed by atoms with Gasteiger partial charge in [-0.3, -0.25) is 0 Å². The number of ether oxygens (including phenoxy) is 1. The maximum absolute atomic E-state index is 13.3. The largest absolute Gasteiger partial charge is 0.495 e. The van der Waals surface area contributed by atoms with Crippen molar-refractivity contribution in [1.29, 1.82) is 0 Å². The molecule has 0 radical (unpaired) electrons. The van der Waals surface area contributed by atoms with E-state index in [0.29, 0.717) is 5.75 Å². The van der Waals surface area contributed by atoms with E-state index in [0.717, 1.165) is 0 Å². The van der Waals surface area contributed by atoms with Gasteiger partial charge in [-0.1, -0.05) is 11.6 Å². The Bertz CT molecular complexity index is 333. The number of nitrogens with two attached hydrogens (primary N) is 2. The Labute approximate surface area is 86.8 Å². The van der Waals surface area contributed by atoms with E-state index in [9.17, 15) is 4.39 Å². The van der Waals surface area contributed by atoms with Gasteiger partial charge in [-0.05, 0) is 12.1 Å². The fourth-order valence-electron chi connectivity index (χ4n) is 1.16. The zero-order valence-electron chi connectivity index (χ0n) is 7.76. The Morgan fingerprint density at radius 2 is 2.21 bits per heavy atom. The van der Waals surface area contributed by atoms with Gasteiger partial charge in [0.25, 0.3) is 0 Å². The maximum Gasteiger partial charge on any atom is 0.138 e. The first kappa shape index (κ1) is 11.2. The molecule has 4 N–H and O–H groups in total. The van der Waals surface area contributed by atoms with Crippen molar-refractivity contribution in [2.45, 2.75) is 6.04 Å². The number of methoxy groups -OCH3 is 1. The Balaban J connectivity index is 3.25. The smallest absolute Gasteiger partial charge is 0.138 e. The first-order chi connectivity index (χ1) is 6.61. The van der Waals surface area contributed by atoms with E-state index in [2.05, 4.69) is 0 Å². The van der Waals surface area contributed by atoms with E-state index in [1.54, 1.807) is 0 Å². The van der Waals surface area contributed by atoms with Crippen LogP contribution in [0.15, 0.2) is 12.1 Å². The van der Waals surface area contributed by atoms with Crippen LogP contribution < -0.4 is 16.2 Å². The Kier molecular flexibility index (Phi) is 3.69. The number of halogens is 2. The van der Waals surface area contributed by atoms with Crippen molar-refractivity contribution < 1.29 is 9.13 Å². The predicted molar refractivity (Wildman–Crippen MR) is 53.9 cm³/mol. The molecule has 0 saturated carbocycles. The first-order valence-electron chi connectivity index (χ1n) is 4.09. The molecule has 5 heteroatoms. The van der Waals surface area contributed by atoms with Crippen molar-refractivity contribution in [2.24, 2.45) is 11.5 Å². The summed E-state index contributed by atoms with van der Waals surface area (Å²) in [4.78, 5) is 0. The SMILES string of the molecule is COc1ccc(F)c(C(N)CN)c1Cl. The molecule has 3 nitrogen and oxygen atoms in total. The van der Waals surface area contributed by atoms with Crippen LogP contribution in [0.4, 0.5) is 4.39 Å². The summed E-state index contributed by atoms with van der Waals surface area (Å²) in [5.41, 5.74) is 11.2. The highest BCUT2D eigenvalue weighted by Crippen LogP contribution is 2.32. The zero-order valence-corrected chi connectivity index (χ0v) is 8.51. The van der Waals surface area contributed by atoms with E-state index in [1.807, 2.05) is 0 Å². The van der Waals surface area contributed by atoms with Crippen LogP contribution >= 0.6 is 11.6 Å². The van der Waals surface area contributed by atoms with Crippen LogP contribution in [0.1, 0.15) is 11.6 Å². The predicted octanol–water partition coefficient (Wildman–Crippen LogP) is 1.45. The summed E-state index contributed by atoms with van der Waals surface area (Å²) >= 11 is 5.89. The molecule has 0 aromatic heterocycles. The second-order valence-electron chi connectivity index (χ2n) is 2.82. The molecular weight excluding hydrogens is 207 g/mol. The number of hydrogen-bond donors (Lipinski definition) is 2. The van der Waals surface area contributed by atoms with E-state index in [-0.39, 0.29) is 17.1 Å². The average molecular weight is 219 g/mol. The summed E-state index contributed by atoms with van der Waals surface area (Å²) in [5, 5.41) is 0.186. The van der Waals surface area contributed by atoms with Crippen molar-refractivity contribution in [1.82, 2.24) is 0 Å². The summed E-state index contributed by atoms with van der Waals surface area (Å²) in [7, 11) is 1.46. The number of rotatable bonds is 3. The fraction of sp³-hybridized carbons (Fsp3) is 0.333. The number of benzene rings is 1. The van der Waals surface area contributed by atoms with Gasteiger partial charge in [-0.15, -0.1) is 0 Å². The summed E-state index contributed by atoms with van der Waals surface area (Å²) in [6, 6.07) is 2.09.